The van der Waals surface area contributed by atoms with Crippen LogP contribution in [0.3, 0.4) is 0 Å². The van der Waals surface area contributed by atoms with Gasteiger partial charge in [0.05, 0.1) is 0 Å². The number of nitrogens with zero attached hydrogens (tertiary/aromatic N) is 1. The summed E-state index contributed by atoms with van der Waals surface area (Å²) in [5.41, 5.74) is 0. The molecule has 0 aromatic rings. The SMILES string of the molecule is C=C(Br)CN1CCCCC1.Cl. The van der Waals surface area contributed by atoms with Gasteiger partial charge in [-0.1, -0.05) is 28.9 Å². The summed E-state index contributed by atoms with van der Waals surface area (Å²) in [7, 11) is 0. The molecule has 0 aromatic carbocycles. The predicted molar refractivity (Wildman–Crippen MR) is 55.6 cm³/mol. The van der Waals surface area contributed by atoms with Crippen LogP contribution in [0.4, 0.5) is 0 Å². The lowest BCUT2D eigenvalue weighted by molar-refractivity contribution is 0.250. The first-order chi connectivity index (χ1) is 4.79. The maximum absolute atomic E-state index is 3.82. The lowest BCUT2D eigenvalue weighted by Crippen LogP contribution is -2.30. The molecular formula is C8H15BrClN. The molecule has 1 aliphatic rings. The van der Waals surface area contributed by atoms with Crippen LogP contribution in [-0.4, -0.2) is 24.5 Å². The van der Waals surface area contributed by atoms with Crippen LogP contribution >= 0.6 is 28.3 Å². The van der Waals surface area contributed by atoms with E-state index in [4.69, 9.17) is 0 Å². The summed E-state index contributed by atoms with van der Waals surface area (Å²) in [5, 5.41) is 0. The third kappa shape index (κ3) is 4.83. The van der Waals surface area contributed by atoms with Crippen molar-refractivity contribution in [3.63, 3.8) is 0 Å². The Hall–Kier alpha value is 0.470. The fourth-order valence-electron chi connectivity index (χ4n) is 1.36. The van der Waals surface area contributed by atoms with Crippen LogP contribution in [-0.2, 0) is 0 Å². The van der Waals surface area contributed by atoms with E-state index in [0.717, 1.165) is 11.0 Å². The Morgan fingerprint density at radius 1 is 1.27 bits per heavy atom. The third-order valence-corrected chi connectivity index (χ3v) is 2.09. The van der Waals surface area contributed by atoms with Crippen molar-refractivity contribution >= 4 is 28.3 Å². The molecule has 0 aliphatic carbocycles. The normalized spacial score (nSPS) is 19.0. The second-order valence-electron chi connectivity index (χ2n) is 2.85. The van der Waals surface area contributed by atoms with Crippen LogP contribution < -0.4 is 0 Å². The summed E-state index contributed by atoms with van der Waals surface area (Å²) in [5.74, 6) is 0. The fourth-order valence-corrected chi connectivity index (χ4v) is 1.71. The molecule has 1 saturated heterocycles. The Kier molecular flexibility index (Phi) is 6.30. The lowest BCUT2D eigenvalue weighted by Gasteiger charge is -2.25. The van der Waals surface area contributed by atoms with Crippen LogP contribution in [0.15, 0.2) is 11.1 Å². The lowest BCUT2D eigenvalue weighted by atomic mass is 10.1. The Balaban J connectivity index is 0.000001000. The summed E-state index contributed by atoms with van der Waals surface area (Å²) in [6, 6.07) is 0. The second kappa shape index (κ2) is 6.04. The fraction of sp³-hybridized carbons (Fsp3) is 0.750. The van der Waals surface area contributed by atoms with Crippen molar-refractivity contribution in [3.8, 4) is 0 Å². The first-order valence-corrected chi connectivity index (χ1v) is 4.64. The van der Waals surface area contributed by atoms with Gasteiger partial charge in [0.25, 0.3) is 0 Å². The molecule has 0 atom stereocenters. The highest BCUT2D eigenvalue weighted by Crippen LogP contribution is 2.11. The first-order valence-electron chi connectivity index (χ1n) is 3.84. The van der Waals surface area contributed by atoms with Crippen LogP contribution in [0.25, 0.3) is 0 Å². The van der Waals surface area contributed by atoms with Crippen LogP contribution in [0.2, 0.25) is 0 Å². The van der Waals surface area contributed by atoms with E-state index < -0.39 is 0 Å². The molecule has 1 nitrogen and oxygen atoms in total. The first kappa shape index (κ1) is 11.5. The maximum Gasteiger partial charge on any atom is 0.0293 e. The number of rotatable bonds is 2. The Morgan fingerprint density at radius 3 is 2.27 bits per heavy atom. The second-order valence-corrected chi connectivity index (χ2v) is 3.98. The predicted octanol–water partition coefficient (Wildman–Crippen LogP) is 2.80. The van der Waals surface area contributed by atoms with E-state index in [2.05, 4.69) is 27.4 Å². The molecule has 0 unspecified atom stereocenters. The minimum absolute atomic E-state index is 0. The van der Waals surface area contributed by atoms with Gasteiger partial charge in [0.1, 0.15) is 0 Å². The van der Waals surface area contributed by atoms with E-state index in [9.17, 15) is 0 Å². The van der Waals surface area contributed by atoms with Crippen LogP contribution in [0.1, 0.15) is 19.3 Å². The topological polar surface area (TPSA) is 3.24 Å². The number of hydrogen-bond acceptors (Lipinski definition) is 1. The van der Waals surface area contributed by atoms with Gasteiger partial charge in [-0.3, -0.25) is 4.90 Å². The van der Waals surface area contributed by atoms with Gasteiger partial charge in [-0.25, -0.2) is 0 Å². The summed E-state index contributed by atoms with van der Waals surface area (Å²) in [4.78, 5) is 2.45. The quantitative estimate of drug-likeness (QED) is 0.717. The van der Waals surface area contributed by atoms with Gasteiger partial charge in [0.2, 0.25) is 0 Å². The van der Waals surface area contributed by atoms with Gasteiger partial charge >= 0.3 is 0 Å². The Labute approximate surface area is 83.4 Å². The Morgan fingerprint density at radius 2 is 1.82 bits per heavy atom. The third-order valence-electron chi connectivity index (χ3n) is 1.84. The zero-order valence-corrected chi connectivity index (χ0v) is 9.09. The van der Waals surface area contributed by atoms with Gasteiger partial charge in [-0.05, 0) is 25.9 Å². The van der Waals surface area contributed by atoms with Crippen molar-refractivity contribution in [2.75, 3.05) is 19.6 Å². The molecule has 1 rings (SSSR count). The molecule has 11 heavy (non-hydrogen) atoms. The summed E-state index contributed by atoms with van der Waals surface area (Å²) < 4.78 is 1.11. The molecule has 0 aromatic heterocycles. The minimum Gasteiger partial charge on any atom is -0.299 e. The number of likely N-dealkylation sites (tertiary alicyclic amines) is 1. The highest BCUT2D eigenvalue weighted by molar-refractivity contribution is 9.11. The molecule has 1 aliphatic heterocycles. The maximum atomic E-state index is 3.82. The summed E-state index contributed by atoms with van der Waals surface area (Å²) in [6.45, 7) is 7.36. The smallest absolute Gasteiger partial charge is 0.0293 e. The van der Waals surface area contributed by atoms with Crippen molar-refractivity contribution in [1.29, 1.82) is 0 Å². The van der Waals surface area contributed by atoms with Crippen LogP contribution in [0, 0.1) is 0 Å². The van der Waals surface area contributed by atoms with Crippen molar-refractivity contribution in [2.24, 2.45) is 0 Å². The molecule has 1 fully saturated rings. The standard InChI is InChI=1S/C8H14BrN.ClH/c1-8(9)7-10-5-3-2-4-6-10;/h1-7H2;1H. The number of halogens is 2. The molecule has 0 N–H and O–H groups in total. The molecule has 0 saturated carbocycles. The molecule has 0 spiro atoms. The van der Waals surface area contributed by atoms with Crippen LogP contribution in [0.5, 0.6) is 0 Å². The van der Waals surface area contributed by atoms with Crippen molar-refractivity contribution in [1.82, 2.24) is 4.90 Å². The van der Waals surface area contributed by atoms with Crippen molar-refractivity contribution in [3.05, 3.63) is 11.1 Å². The Bertz CT molecular complexity index is 121. The zero-order chi connectivity index (χ0) is 7.40. The molecule has 66 valence electrons. The zero-order valence-electron chi connectivity index (χ0n) is 6.68. The van der Waals surface area contributed by atoms with E-state index in [0.29, 0.717) is 0 Å². The van der Waals surface area contributed by atoms with Gasteiger partial charge in [0, 0.05) is 11.0 Å². The van der Waals surface area contributed by atoms with Gasteiger partial charge in [-0.2, -0.15) is 0 Å². The van der Waals surface area contributed by atoms with Gasteiger partial charge in [-0.15, -0.1) is 12.4 Å². The molecule has 1 heterocycles. The average molecular weight is 241 g/mol. The van der Waals surface area contributed by atoms with Gasteiger partial charge in [0.15, 0.2) is 0 Å². The van der Waals surface area contributed by atoms with Gasteiger partial charge < -0.3 is 0 Å². The van der Waals surface area contributed by atoms with E-state index >= 15 is 0 Å². The van der Waals surface area contributed by atoms with Crippen molar-refractivity contribution < 1.29 is 0 Å². The molecular weight excluding hydrogens is 225 g/mol. The monoisotopic (exact) mass is 239 g/mol. The van der Waals surface area contributed by atoms with E-state index in [1.807, 2.05) is 0 Å². The molecule has 0 bridgehead atoms. The van der Waals surface area contributed by atoms with E-state index in [1.54, 1.807) is 0 Å². The number of hydrogen-bond donors (Lipinski definition) is 0. The van der Waals surface area contributed by atoms with E-state index in [1.165, 1.54) is 32.4 Å². The molecule has 0 amide bonds. The minimum atomic E-state index is 0. The average Bonchev–Trinajstić information content (AvgIpc) is 1.88. The highest BCUT2D eigenvalue weighted by atomic mass is 79.9. The summed E-state index contributed by atoms with van der Waals surface area (Å²) in [6.07, 6.45) is 4.13. The highest BCUT2D eigenvalue weighted by Gasteiger charge is 2.08. The van der Waals surface area contributed by atoms with E-state index in [-0.39, 0.29) is 12.4 Å². The largest absolute Gasteiger partial charge is 0.299 e. The summed E-state index contributed by atoms with van der Waals surface area (Å²) >= 11 is 3.37. The van der Waals surface area contributed by atoms with Crippen molar-refractivity contribution in [2.45, 2.75) is 19.3 Å². The molecule has 3 heteroatoms. The number of piperidine rings is 1. The molecule has 0 radical (unpaired) electrons.